The first-order valence-electron chi connectivity index (χ1n) is 5.85. The molecule has 3 heteroatoms. The summed E-state index contributed by atoms with van der Waals surface area (Å²) in [5.74, 6) is -0.101. The molecule has 1 aliphatic rings. The van der Waals surface area contributed by atoms with Crippen molar-refractivity contribution >= 4 is 17.3 Å². The van der Waals surface area contributed by atoms with Crippen LogP contribution < -0.4 is 4.90 Å². The van der Waals surface area contributed by atoms with E-state index in [1.807, 2.05) is 18.2 Å². The van der Waals surface area contributed by atoms with Gasteiger partial charge in [-0.15, -0.1) is 0 Å². The molecule has 3 rings (SSSR count). The Morgan fingerprint density at radius 2 is 1.79 bits per heavy atom. The second kappa shape index (κ2) is 4.11. The number of benzene rings is 2. The Hall–Kier alpha value is -2.86. The number of fused-ring (bicyclic) bond motifs is 1. The van der Waals surface area contributed by atoms with E-state index in [4.69, 9.17) is 5.26 Å². The molecular weight excluding hydrogens is 236 g/mol. The van der Waals surface area contributed by atoms with Crippen LogP contribution >= 0.6 is 0 Å². The summed E-state index contributed by atoms with van der Waals surface area (Å²) in [4.78, 5) is 13.9. The van der Waals surface area contributed by atoms with Gasteiger partial charge in [-0.3, -0.25) is 9.69 Å². The van der Waals surface area contributed by atoms with Crippen molar-refractivity contribution in [1.29, 1.82) is 5.26 Å². The summed E-state index contributed by atoms with van der Waals surface area (Å²) >= 11 is 0. The van der Waals surface area contributed by atoms with Crippen LogP contribution in [0.2, 0.25) is 0 Å². The SMILES string of the molecule is C=C1c2ccccc2C(=O)N1c1cccc(C#N)c1. The minimum Gasteiger partial charge on any atom is -0.277 e. The molecular formula is C16H10N2O. The lowest BCUT2D eigenvalue weighted by atomic mass is 10.1. The number of hydrogen-bond donors (Lipinski definition) is 0. The van der Waals surface area contributed by atoms with Crippen LogP contribution in [-0.4, -0.2) is 5.91 Å². The van der Waals surface area contributed by atoms with Crippen LogP contribution in [0.15, 0.2) is 55.1 Å². The molecule has 2 aromatic carbocycles. The third-order valence-electron chi connectivity index (χ3n) is 3.17. The molecule has 0 unspecified atom stereocenters. The fourth-order valence-corrected chi connectivity index (χ4v) is 2.27. The van der Waals surface area contributed by atoms with Gasteiger partial charge < -0.3 is 0 Å². The summed E-state index contributed by atoms with van der Waals surface area (Å²) in [6, 6.07) is 16.4. The molecule has 0 aliphatic carbocycles. The Bertz CT molecular complexity index is 705. The second-order valence-corrected chi connectivity index (χ2v) is 4.29. The number of nitriles is 1. The van der Waals surface area contributed by atoms with Crippen LogP contribution in [0.4, 0.5) is 5.69 Å². The predicted octanol–water partition coefficient (Wildman–Crippen LogP) is 3.19. The zero-order valence-electron chi connectivity index (χ0n) is 10.1. The van der Waals surface area contributed by atoms with Gasteiger partial charge in [-0.25, -0.2) is 0 Å². The molecule has 0 aromatic heterocycles. The molecule has 3 nitrogen and oxygen atoms in total. The zero-order chi connectivity index (χ0) is 13.4. The third-order valence-corrected chi connectivity index (χ3v) is 3.17. The van der Waals surface area contributed by atoms with Crippen LogP contribution in [-0.2, 0) is 0 Å². The van der Waals surface area contributed by atoms with Crippen LogP contribution in [0.5, 0.6) is 0 Å². The molecule has 0 atom stereocenters. The van der Waals surface area contributed by atoms with Gasteiger partial charge in [-0.1, -0.05) is 30.8 Å². The lowest BCUT2D eigenvalue weighted by molar-refractivity contribution is 0.101. The zero-order valence-corrected chi connectivity index (χ0v) is 10.1. The quantitative estimate of drug-likeness (QED) is 0.775. The van der Waals surface area contributed by atoms with E-state index in [-0.39, 0.29) is 5.91 Å². The molecule has 0 spiro atoms. The van der Waals surface area contributed by atoms with Gasteiger partial charge in [0, 0.05) is 11.1 Å². The van der Waals surface area contributed by atoms with Gasteiger partial charge in [0.2, 0.25) is 0 Å². The van der Waals surface area contributed by atoms with E-state index < -0.39 is 0 Å². The molecule has 1 amide bonds. The first kappa shape index (κ1) is 11.2. The Labute approximate surface area is 111 Å². The average molecular weight is 246 g/mol. The fourth-order valence-electron chi connectivity index (χ4n) is 2.27. The maximum atomic E-state index is 12.4. The molecule has 0 saturated carbocycles. The highest BCUT2D eigenvalue weighted by Crippen LogP contribution is 2.35. The van der Waals surface area contributed by atoms with Gasteiger partial charge in [0.25, 0.3) is 5.91 Å². The van der Waals surface area contributed by atoms with Gasteiger partial charge in [-0.2, -0.15) is 5.26 Å². The van der Waals surface area contributed by atoms with Crippen molar-refractivity contribution in [2.45, 2.75) is 0 Å². The third kappa shape index (κ3) is 1.62. The van der Waals surface area contributed by atoms with Crippen molar-refractivity contribution in [2.24, 2.45) is 0 Å². The van der Waals surface area contributed by atoms with Crippen molar-refractivity contribution < 1.29 is 4.79 Å². The van der Waals surface area contributed by atoms with E-state index in [1.54, 1.807) is 35.2 Å². The molecule has 0 saturated heterocycles. The van der Waals surface area contributed by atoms with Crippen LogP contribution in [0.3, 0.4) is 0 Å². The van der Waals surface area contributed by atoms with Crippen molar-refractivity contribution in [1.82, 2.24) is 0 Å². The summed E-state index contributed by atoms with van der Waals surface area (Å²) < 4.78 is 0. The van der Waals surface area contributed by atoms with Crippen molar-refractivity contribution in [3.8, 4) is 6.07 Å². The normalized spacial score (nSPS) is 13.3. The highest BCUT2D eigenvalue weighted by atomic mass is 16.2. The van der Waals surface area contributed by atoms with Crippen molar-refractivity contribution in [3.63, 3.8) is 0 Å². The summed E-state index contributed by atoms with van der Waals surface area (Å²) in [7, 11) is 0. The number of carbonyl (C=O) groups excluding carboxylic acids is 1. The molecule has 0 radical (unpaired) electrons. The molecule has 90 valence electrons. The van der Waals surface area contributed by atoms with Gasteiger partial charge in [0.1, 0.15) is 0 Å². The summed E-state index contributed by atoms with van der Waals surface area (Å²) in [6.07, 6.45) is 0. The summed E-state index contributed by atoms with van der Waals surface area (Å²) in [5, 5.41) is 8.93. The number of amides is 1. The maximum Gasteiger partial charge on any atom is 0.263 e. The molecule has 1 heterocycles. The Balaban J connectivity index is 2.12. The van der Waals surface area contributed by atoms with Crippen LogP contribution in [0.1, 0.15) is 21.5 Å². The predicted molar refractivity (Wildman–Crippen MR) is 73.4 cm³/mol. The lowest BCUT2D eigenvalue weighted by Crippen LogP contribution is -2.21. The largest absolute Gasteiger partial charge is 0.277 e. The van der Waals surface area contributed by atoms with E-state index in [0.717, 1.165) is 5.56 Å². The van der Waals surface area contributed by atoms with Crippen LogP contribution in [0, 0.1) is 11.3 Å². The number of hydrogen-bond acceptors (Lipinski definition) is 2. The van der Waals surface area contributed by atoms with E-state index in [2.05, 4.69) is 12.6 Å². The van der Waals surface area contributed by atoms with E-state index in [9.17, 15) is 4.79 Å². The first-order chi connectivity index (χ1) is 9.22. The monoisotopic (exact) mass is 246 g/mol. The van der Waals surface area contributed by atoms with Gasteiger partial charge in [-0.05, 0) is 24.3 Å². The lowest BCUT2D eigenvalue weighted by Gasteiger charge is -2.17. The standard InChI is InChI=1S/C16H10N2O/c1-11-14-7-2-3-8-15(14)16(19)18(11)13-6-4-5-12(9-13)10-17/h2-9H,1H2. The Morgan fingerprint density at radius 3 is 2.47 bits per heavy atom. The molecule has 1 aliphatic heterocycles. The Morgan fingerprint density at radius 1 is 1.05 bits per heavy atom. The fraction of sp³-hybridized carbons (Fsp3) is 0. The molecule has 0 bridgehead atoms. The first-order valence-corrected chi connectivity index (χ1v) is 5.85. The van der Waals surface area contributed by atoms with Crippen molar-refractivity contribution in [3.05, 3.63) is 71.8 Å². The van der Waals surface area contributed by atoms with Crippen LogP contribution in [0.25, 0.3) is 5.70 Å². The van der Waals surface area contributed by atoms with Gasteiger partial charge in [0.15, 0.2) is 0 Å². The van der Waals surface area contributed by atoms with E-state index in [1.165, 1.54) is 0 Å². The van der Waals surface area contributed by atoms with E-state index in [0.29, 0.717) is 22.5 Å². The molecule has 2 aromatic rings. The highest BCUT2D eigenvalue weighted by molar-refractivity contribution is 6.22. The van der Waals surface area contributed by atoms with E-state index >= 15 is 0 Å². The van der Waals surface area contributed by atoms with Gasteiger partial charge in [0.05, 0.1) is 23.0 Å². The molecule has 19 heavy (non-hydrogen) atoms. The summed E-state index contributed by atoms with van der Waals surface area (Å²) in [5.41, 5.74) is 3.33. The topological polar surface area (TPSA) is 44.1 Å². The number of nitrogens with zero attached hydrogens (tertiary/aromatic N) is 2. The Kier molecular flexibility index (Phi) is 2.43. The minimum absolute atomic E-state index is 0.101. The second-order valence-electron chi connectivity index (χ2n) is 4.29. The smallest absolute Gasteiger partial charge is 0.263 e. The van der Waals surface area contributed by atoms with Gasteiger partial charge >= 0.3 is 0 Å². The molecule has 0 N–H and O–H groups in total. The van der Waals surface area contributed by atoms with Crippen molar-refractivity contribution in [2.75, 3.05) is 4.90 Å². The average Bonchev–Trinajstić information content (AvgIpc) is 2.72. The minimum atomic E-state index is -0.101. The number of carbonyl (C=O) groups is 1. The maximum absolute atomic E-state index is 12.4. The number of rotatable bonds is 1. The summed E-state index contributed by atoms with van der Waals surface area (Å²) in [6.45, 7) is 3.98. The number of anilines is 1. The highest BCUT2D eigenvalue weighted by Gasteiger charge is 2.31. The molecule has 0 fully saturated rings.